The minimum absolute atomic E-state index is 0.0109. The summed E-state index contributed by atoms with van der Waals surface area (Å²) in [7, 11) is 0. The van der Waals surface area contributed by atoms with Crippen LogP contribution >= 0.6 is 0 Å². The fourth-order valence-electron chi connectivity index (χ4n) is 4.31. The van der Waals surface area contributed by atoms with Gasteiger partial charge in [0, 0.05) is 43.2 Å². The summed E-state index contributed by atoms with van der Waals surface area (Å²) in [4.78, 5) is 10.3. The molecule has 5 rings (SSSR count). The predicted molar refractivity (Wildman–Crippen MR) is 127 cm³/mol. The normalized spacial score (nSPS) is 20.4. The van der Waals surface area contributed by atoms with E-state index in [1.54, 1.807) is 47.3 Å². The number of aryl methyl sites for hydroxylation is 1. The number of halogens is 3. The number of aliphatic hydroxyl groups excluding tert-OH is 1. The number of hydrogen-bond donors (Lipinski definition) is 2. The van der Waals surface area contributed by atoms with Gasteiger partial charge in [-0.2, -0.15) is 14.9 Å². The number of hydrogen-bond acceptors (Lipinski definition) is 8. The highest BCUT2D eigenvalue weighted by Crippen LogP contribution is 2.35. The van der Waals surface area contributed by atoms with E-state index >= 15 is 4.39 Å². The van der Waals surface area contributed by atoms with Gasteiger partial charge in [-0.1, -0.05) is 18.7 Å². The van der Waals surface area contributed by atoms with E-state index in [2.05, 4.69) is 27.1 Å². The number of allylic oxidation sites excluding steroid dienone is 4. The summed E-state index contributed by atoms with van der Waals surface area (Å²) in [5, 5.41) is 25.0. The maximum atomic E-state index is 15.5. The van der Waals surface area contributed by atoms with Gasteiger partial charge in [0.25, 0.3) is 6.43 Å². The predicted octanol–water partition coefficient (Wildman–Crippen LogP) is 3.08. The average molecular weight is 494 g/mol. The Morgan fingerprint density at radius 3 is 2.75 bits per heavy atom. The van der Waals surface area contributed by atoms with Crippen molar-refractivity contribution in [1.29, 1.82) is 5.26 Å². The van der Waals surface area contributed by atoms with Gasteiger partial charge in [-0.15, -0.1) is 0 Å². The summed E-state index contributed by atoms with van der Waals surface area (Å²) in [6.45, 7) is 6.28. The van der Waals surface area contributed by atoms with E-state index in [0.29, 0.717) is 29.2 Å². The monoisotopic (exact) mass is 494 g/mol. The molecule has 0 atom stereocenters. The number of nitrogens with one attached hydrogen (secondary N) is 1. The van der Waals surface area contributed by atoms with Crippen LogP contribution in [0.4, 0.5) is 19.0 Å². The highest BCUT2D eigenvalue weighted by molar-refractivity contribution is 6.17. The first-order chi connectivity index (χ1) is 17.3. The van der Waals surface area contributed by atoms with Gasteiger partial charge in [0.1, 0.15) is 28.9 Å². The zero-order valence-electron chi connectivity index (χ0n) is 19.2. The number of hydrazine groups is 1. The van der Waals surface area contributed by atoms with Crippen molar-refractivity contribution in [3.05, 3.63) is 76.8 Å². The molecule has 2 N–H and O–H groups in total. The van der Waals surface area contributed by atoms with E-state index in [1.807, 2.05) is 6.08 Å². The summed E-state index contributed by atoms with van der Waals surface area (Å²) in [6.07, 6.45) is 6.12. The number of aliphatic hydroxyl groups is 1. The Labute approximate surface area is 204 Å². The van der Waals surface area contributed by atoms with E-state index in [0.717, 1.165) is 0 Å². The molecule has 9 nitrogen and oxygen atoms in total. The maximum Gasteiger partial charge on any atom is 0.283 e. The van der Waals surface area contributed by atoms with Crippen molar-refractivity contribution in [2.24, 2.45) is 4.99 Å². The van der Waals surface area contributed by atoms with Gasteiger partial charge >= 0.3 is 0 Å². The lowest BCUT2D eigenvalue weighted by Crippen LogP contribution is -2.52. The van der Waals surface area contributed by atoms with E-state index in [4.69, 9.17) is 0 Å². The highest BCUT2D eigenvalue weighted by atomic mass is 19.3. The molecule has 184 valence electrons. The van der Waals surface area contributed by atoms with Crippen LogP contribution in [0.3, 0.4) is 0 Å². The van der Waals surface area contributed by atoms with Crippen LogP contribution < -0.4 is 10.3 Å². The van der Waals surface area contributed by atoms with Crippen LogP contribution in [0.2, 0.25) is 0 Å². The summed E-state index contributed by atoms with van der Waals surface area (Å²) >= 11 is 0. The highest BCUT2D eigenvalue weighted by Gasteiger charge is 2.33. The van der Waals surface area contributed by atoms with Gasteiger partial charge in [-0.3, -0.25) is 10.0 Å². The number of nitrogens with zero attached hydrogens (tertiary/aromatic N) is 7. The van der Waals surface area contributed by atoms with Crippen LogP contribution in [-0.4, -0.2) is 56.2 Å². The Hall–Kier alpha value is -4.21. The molecule has 12 heteroatoms. The molecule has 0 saturated carbocycles. The maximum absolute atomic E-state index is 15.5. The van der Waals surface area contributed by atoms with Crippen LogP contribution in [0.25, 0.3) is 11.7 Å². The molecule has 4 heterocycles. The molecule has 1 aliphatic carbocycles. The molecule has 2 aromatic heterocycles. The summed E-state index contributed by atoms with van der Waals surface area (Å²) in [5.41, 5.74) is 3.59. The Morgan fingerprint density at radius 2 is 2.14 bits per heavy atom. The molecule has 2 aliphatic heterocycles. The Morgan fingerprint density at radius 1 is 1.36 bits per heavy atom. The van der Waals surface area contributed by atoms with Gasteiger partial charge in [0.2, 0.25) is 0 Å². The quantitative estimate of drug-likeness (QED) is 0.658. The molecule has 0 bridgehead atoms. The standard InChI is InChI=1S/C24H21F3N8O/c1-3-29-20-14(5-6-18(19(20)25)34-8-4-7-30-34)9-16-13(2)31-23-17(10-28)21(22(26)27)32-35(23)24(16)33-11-15(36)12-33/h3-6,8-9,15,22,30,36H,1,7,11-12H2,2H3/b14-9+,29-20?. The second-order valence-electron chi connectivity index (χ2n) is 8.31. The topological polar surface area (TPSA) is 105 Å². The minimum Gasteiger partial charge on any atom is -0.389 e. The number of anilines is 1. The summed E-state index contributed by atoms with van der Waals surface area (Å²) in [5.74, 6) is -0.217. The molecule has 0 spiro atoms. The number of aliphatic imine (C=N–C) groups is 1. The van der Waals surface area contributed by atoms with E-state index in [-0.39, 0.29) is 35.7 Å². The Kier molecular flexibility index (Phi) is 5.95. The zero-order chi connectivity index (χ0) is 25.6. The van der Waals surface area contributed by atoms with E-state index in [9.17, 15) is 19.1 Å². The molecular weight excluding hydrogens is 473 g/mol. The fraction of sp³-hybridized carbons (Fsp3) is 0.250. The molecule has 0 aromatic carbocycles. The molecular formula is C24H21F3N8O. The van der Waals surface area contributed by atoms with Crippen molar-refractivity contribution in [3.8, 4) is 6.07 Å². The number of alkyl halides is 2. The first-order valence-electron chi connectivity index (χ1n) is 11.1. The number of nitriles is 1. The third-order valence-electron chi connectivity index (χ3n) is 6.01. The lowest BCUT2D eigenvalue weighted by atomic mass is 9.98. The Balaban J connectivity index is 1.71. The van der Waals surface area contributed by atoms with Gasteiger partial charge in [0.05, 0.1) is 17.5 Å². The van der Waals surface area contributed by atoms with Crippen molar-refractivity contribution in [1.82, 2.24) is 25.0 Å². The second kappa shape index (κ2) is 9.10. The Bertz CT molecular complexity index is 1450. The van der Waals surface area contributed by atoms with Crippen LogP contribution in [0.15, 0.2) is 59.3 Å². The second-order valence-corrected chi connectivity index (χ2v) is 8.31. The van der Waals surface area contributed by atoms with Crippen LogP contribution in [0.5, 0.6) is 0 Å². The molecule has 2 aromatic rings. The third kappa shape index (κ3) is 3.78. The van der Waals surface area contributed by atoms with Gasteiger partial charge in [0.15, 0.2) is 11.5 Å². The van der Waals surface area contributed by atoms with Crippen molar-refractivity contribution in [2.75, 3.05) is 24.5 Å². The smallest absolute Gasteiger partial charge is 0.283 e. The van der Waals surface area contributed by atoms with Crippen LogP contribution in [0, 0.1) is 18.3 Å². The fourth-order valence-corrected chi connectivity index (χ4v) is 4.31. The van der Waals surface area contributed by atoms with Crippen molar-refractivity contribution < 1.29 is 18.3 Å². The van der Waals surface area contributed by atoms with Gasteiger partial charge < -0.3 is 10.0 Å². The van der Waals surface area contributed by atoms with Gasteiger partial charge in [-0.05, 0) is 19.1 Å². The van der Waals surface area contributed by atoms with Crippen LogP contribution in [0.1, 0.15) is 28.9 Å². The molecule has 36 heavy (non-hydrogen) atoms. The first-order valence-corrected chi connectivity index (χ1v) is 11.1. The minimum atomic E-state index is -2.98. The van der Waals surface area contributed by atoms with Gasteiger partial charge in [-0.25, -0.2) is 23.6 Å². The first kappa shape index (κ1) is 23.5. The van der Waals surface area contributed by atoms with Crippen molar-refractivity contribution >= 4 is 23.3 Å². The van der Waals surface area contributed by atoms with Crippen molar-refractivity contribution in [2.45, 2.75) is 19.5 Å². The summed E-state index contributed by atoms with van der Waals surface area (Å²) in [6, 6.07) is 1.78. The SMILES string of the molecule is C=CN=C1C(F)=C(N2C=CCN2)C=C/C1=C\c1c(C)nc2c(C#N)c(C(F)F)nn2c1N1CC(O)C1. The molecule has 0 unspecified atom stereocenters. The lowest BCUT2D eigenvalue weighted by Gasteiger charge is -2.38. The number of aromatic nitrogens is 3. The lowest BCUT2D eigenvalue weighted by molar-refractivity contribution is 0.139. The molecule has 0 radical (unpaired) electrons. The largest absolute Gasteiger partial charge is 0.389 e. The zero-order valence-corrected chi connectivity index (χ0v) is 19.2. The summed E-state index contributed by atoms with van der Waals surface area (Å²) < 4.78 is 44.0. The van der Waals surface area contributed by atoms with E-state index < -0.39 is 24.1 Å². The number of β-amino-alcohol motifs (C(OH)–C–C–N with tert-alkyl or cyclic N) is 1. The van der Waals surface area contributed by atoms with Crippen molar-refractivity contribution in [3.63, 3.8) is 0 Å². The molecule has 3 aliphatic rings. The van der Waals surface area contributed by atoms with Crippen LogP contribution in [-0.2, 0) is 0 Å². The number of rotatable bonds is 5. The van der Waals surface area contributed by atoms with E-state index in [1.165, 1.54) is 10.7 Å². The number of fused-ring (bicyclic) bond motifs is 1. The third-order valence-corrected chi connectivity index (χ3v) is 6.01. The average Bonchev–Trinajstić information content (AvgIpc) is 3.48. The molecule has 1 saturated heterocycles. The molecule has 1 fully saturated rings. The molecule has 0 amide bonds.